The lowest BCUT2D eigenvalue weighted by Gasteiger charge is -2.17. The van der Waals surface area contributed by atoms with Crippen LogP contribution in [-0.4, -0.2) is 38.7 Å². The Balaban J connectivity index is 1.92. The third kappa shape index (κ3) is 3.70. The molecule has 0 bridgehead atoms. The van der Waals surface area contributed by atoms with Crippen molar-refractivity contribution in [1.29, 1.82) is 0 Å². The minimum atomic E-state index is -3.35. The van der Waals surface area contributed by atoms with Crippen molar-refractivity contribution in [1.82, 2.24) is 0 Å². The first-order valence-electron chi connectivity index (χ1n) is 8.29. The van der Waals surface area contributed by atoms with Crippen molar-refractivity contribution in [2.24, 2.45) is 0 Å². The van der Waals surface area contributed by atoms with Crippen molar-refractivity contribution >= 4 is 44.5 Å². The zero-order chi connectivity index (χ0) is 20.6. The van der Waals surface area contributed by atoms with Gasteiger partial charge in [-0.3, -0.25) is 9.10 Å². The molecule has 1 aliphatic heterocycles. The lowest BCUT2D eigenvalue weighted by molar-refractivity contribution is -0.110. The van der Waals surface area contributed by atoms with Crippen LogP contribution < -0.4 is 14.9 Å². The van der Waals surface area contributed by atoms with Crippen LogP contribution in [0.4, 0.5) is 17.1 Å². The summed E-state index contributed by atoms with van der Waals surface area (Å²) in [6.45, 7) is 1.72. The number of carboxylic acids is 1. The number of amides is 1. The van der Waals surface area contributed by atoms with Crippen LogP contribution in [0.25, 0.3) is 5.57 Å². The average Bonchev–Trinajstić information content (AvgIpc) is 2.95. The minimum Gasteiger partial charge on any atom is -0.478 e. The number of anilines is 3. The third-order valence-corrected chi connectivity index (χ3v) is 5.65. The van der Waals surface area contributed by atoms with Crippen LogP contribution in [0.3, 0.4) is 0 Å². The number of fused-ring (bicyclic) bond motifs is 1. The second-order valence-corrected chi connectivity index (χ2v) is 8.44. The molecule has 3 N–H and O–H groups in total. The number of benzene rings is 2. The predicted octanol–water partition coefficient (Wildman–Crippen LogP) is 2.58. The van der Waals surface area contributed by atoms with Gasteiger partial charge in [-0.15, -0.1) is 0 Å². The molecule has 0 spiro atoms. The molecule has 0 atom stereocenters. The number of rotatable bonds is 5. The molecule has 1 aliphatic rings. The standard InChI is InChI=1S/C19H19N3O5S/c1-11(20-13-5-7-14(8-6-13)22(2)28(3,26)27)17-15-10-12(19(24)25)4-9-16(15)21-18(17)23/h4-10,20H,1-3H3,(H,21,23)(H,24,25)/b17-11-. The molecular weight excluding hydrogens is 382 g/mol. The molecule has 9 heteroatoms. The van der Waals surface area contributed by atoms with Gasteiger partial charge in [0.2, 0.25) is 10.0 Å². The van der Waals surface area contributed by atoms with Crippen molar-refractivity contribution < 1.29 is 23.1 Å². The molecule has 8 nitrogen and oxygen atoms in total. The van der Waals surface area contributed by atoms with Gasteiger partial charge in [-0.2, -0.15) is 0 Å². The monoisotopic (exact) mass is 401 g/mol. The third-order valence-electron chi connectivity index (χ3n) is 4.45. The molecule has 0 saturated heterocycles. The summed E-state index contributed by atoms with van der Waals surface area (Å²) in [6, 6.07) is 11.1. The Morgan fingerprint density at radius 1 is 1.14 bits per heavy atom. The molecule has 0 fully saturated rings. The number of carbonyl (C=O) groups is 2. The van der Waals surface area contributed by atoms with Gasteiger partial charge in [-0.05, 0) is 49.4 Å². The van der Waals surface area contributed by atoms with E-state index in [1.165, 1.54) is 19.2 Å². The van der Waals surface area contributed by atoms with Gasteiger partial charge >= 0.3 is 5.97 Å². The van der Waals surface area contributed by atoms with Crippen molar-refractivity contribution in [3.63, 3.8) is 0 Å². The highest BCUT2D eigenvalue weighted by Gasteiger charge is 2.27. The van der Waals surface area contributed by atoms with Crippen molar-refractivity contribution in [3.05, 3.63) is 59.3 Å². The maximum Gasteiger partial charge on any atom is 0.335 e. The summed E-state index contributed by atoms with van der Waals surface area (Å²) in [5, 5.41) is 15.0. The maximum absolute atomic E-state index is 12.4. The Morgan fingerprint density at radius 2 is 1.79 bits per heavy atom. The van der Waals surface area contributed by atoms with E-state index in [0.29, 0.717) is 33.9 Å². The van der Waals surface area contributed by atoms with E-state index in [-0.39, 0.29) is 11.5 Å². The van der Waals surface area contributed by atoms with E-state index in [4.69, 9.17) is 0 Å². The number of aromatic carboxylic acids is 1. The first-order chi connectivity index (χ1) is 13.1. The van der Waals surface area contributed by atoms with Gasteiger partial charge in [0.05, 0.1) is 23.1 Å². The zero-order valence-corrected chi connectivity index (χ0v) is 16.3. The molecule has 28 heavy (non-hydrogen) atoms. The number of carboxylic acid groups (broad SMARTS) is 1. The Bertz CT molecular complexity index is 1100. The van der Waals surface area contributed by atoms with Crippen LogP contribution >= 0.6 is 0 Å². The molecule has 0 aromatic heterocycles. The second-order valence-electron chi connectivity index (χ2n) is 6.42. The summed E-state index contributed by atoms with van der Waals surface area (Å²) in [5.41, 5.74) is 3.23. The van der Waals surface area contributed by atoms with Crippen LogP contribution in [0.1, 0.15) is 22.8 Å². The summed E-state index contributed by atoms with van der Waals surface area (Å²) in [5.74, 6) is -1.39. The maximum atomic E-state index is 12.4. The van der Waals surface area contributed by atoms with Crippen LogP contribution in [0.15, 0.2) is 48.2 Å². The van der Waals surface area contributed by atoms with Gasteiger partial charge in [-0.25, -0.2) is 13.2 Å². The van der Waals surface area contributed by atoms with Gasteiger partial charge in [-0.1, -0.05) is 0 Å². The van der Waals surface area contributed by atoms with Crippen LogP contribution in [-0.2, 0) is 14.8 Å². The first kappa shape index (κ1) is 19.4. The molecule has 2 aromatic rings. The fourth-order valence-corrected chi connectivity index (χ4v) is 3.40. The normalized spacial score (nSPS) is 14.9. The number of sulfonamides is 1. The van der Waals surface area contributed by atoms with Gasteiger partial charge in [0, 0.05) is 29.7 Å². The number of carbonyl (C=O) groups excluding carboxylic acids is 1. The number of hydrogen-bond acceptors (Lipinski definition) is 5. The van der Waals surface area contributed by atoms with Crippen molar-refractivity contribution in [2.75, 3.05) is 28.2 Å². The smallest absolute Gasteiger partial charge is 0.335 e. The summed E-state index contributed by atoms with van der Waals surface area (Å²) in [7, 11) is -1.89. The Hall–Kier alpha value is -3.33. The average molecular weight is 401 g/mol. The number of hydrogen-bond donors (Lipinski definition) is 3. The molecule has 1 heterocycles. The summed E-state index contributed by atoms with van der Waals surface area (Å²) < 4.78 is 24.4. The van der Waals surface area contributed by atoms with E-state index >= 15 is 0 Å². The first-order valence-corrected chi connectivity index (χ1v) is 10.1. The molecule has 2 aromatic carbocycles. The molecular formula is C19H19N3O5S. The highest BCUT2D eigenvalue weighted by molar-refractivity contribution is 7.92. The van der Waals surface area contributed by atoms with E-state index in [9.17, 15) is 23.1 Å². The van der Waals surface area contributed by atoms with Crippen LogP contribution in [0, 0.1) is 0 Å². The number of allylic oxidation sites excluding steroid dienone is 1. The van der Waals surface area contributed by atoms with E-state index in [0.717, 1.165) is 10.6 Å². The highest BCUT2D eigenvalue weighted by atomic mass is 32.2. The van der Waals surface area contributed by atoms with Crippen LogP contribution in [0.2, 0.25) is 0 Å². The van der Waals surface area contributed by atoms with Crippen molar-refractivity contribution in [2.45, 2.75) is 6.92 Å². The Morgan fingerprint density at radius 3 is 2.36 bits per heavy atom. The van der Waals surface area contributed by atoms with Crippen molar-refractivity contribution in [3.8, 4) is 0 Å². The largest absolute Gasteiger partial charge is 0.478 e. The van der Waals surface area contributed by atoms with E-state index < -0.39 is 16.0 Å². The number of nitrogens with one attached hydrogen (secondary N) is 2. The fraction of sp³-hybridized carbons (Fsp3) is 0.158. The summed E-state index contributed by atoms with van der Waals surface area (Å²) in [6.07, 6.45) is 1.12. The lowest BCUT2D eigenvalue weighted by Crippen LogP contribution is -2.24. The second kappa shape index (κ2) is 7.01. The lowest BCUT2D eigenvalue weighted by atomic mass is 10.0. The summed E-state index contributed by atoms with van der Waals surface area (Å²) >= 11 is 0. The Kier molecular flexibility index (Phi) is 4.86. The fourth-order valence-electron chi connectivity index (χ4n) is 2.90. The van der Waals surface area contributed by atoms with Gasteiger partial charge in [0.1, 0.15) is 0 Å². The summed E-state index contributed by atoms with van der Waals surface area (Å²) in [4.78, 5) is 23.6. The molecule has 3 rings (SSSR count). The minimum absolute atomic E-state index is 0.0914. The van der Waals surface area contributed by atoms with Crippen LogP contribution in [0.5, 0.6) is 0 Å². The Labute approximate surface area is 162 Å². The molecule has 146 valence electrons. The predicted molar refractivity (Wildman–Crippen MR) is 108 cm³/mol. The molecule has 0 saturated carbocycles. The number of nitrogens with zero attached hydrogens (tertiary/aromatic N) is 1. The zero-order valence-electron chi connectivity index (χ0n) is 15.5. The quantitative estimate of drug-likeness (QED) is 0.663. The van der Waals surface area contributed by atoms with Gasteiger partial charge in [0.25, 0.3) is 5.91 Å². The topological polar surface area (TPSA) is 116 Å². The molecule has 0 radical (unpaired) electrons. The molecule has 0 aliphatic carbocycles. The van der Waals surface area contributed by atoms with E-state index in [1.54, 1.807) is 37.3 Å². The van der Waals surface area contributed by atoms with E-state index in [1.807, 2.05) is 0 Å². The SMILES string of the molecule is C/C(Nc1ccc(N(C)S(C)(=O)=O)cc1)=C1/C(=O)Nc2ccc(C(=O)O)cc21. The highest BCUT2D eigenvalue weighted by Crippen LogP contribution is 2.35. The van der Waals surface area contributed by atoms with Gasteiger partial charge in [0.15, 0.2) is 0 Å². The van der Waals surface area contributed by atoms with Gasteiger partial charge < -0.3 is 15.7 Å². The molecule has 0 unspecified atom stereocenters. The van der Waals surface area contributed by atoms with E-state index in [2.05, 4.69) is 10.6 Å². The molecule has 1 amide bonds.